The molecule has 18 heavy (non-hydrogen) atoms. The molecule has 0 radical (unpaired) electrons. The molecule has 1 aliphatic rings. The van der Waals surface area contributed by atoms with Gasteiger partial charge in [-0.15, -0.1) is 11.3 Å². The highest BCUT2D eigenvalue weighted by molar-refractivity contribution is 7.12. The summed E-state index contributed by atoms with van der Waals surface area (Å²) in [6.07, 6.45) is 2.99. The third-order valence-electron chi connectivity index (χ3n) is 3.41. The van der Waals surface area contributed by atoms with Gasteiger partial charge in [0.2, 0.25) is 0 Å². The maximum Gasteiger partial charge on any atom is 0.263 e. The molecule has 1 aromatic rings. The Morgan fingerprint density at radius 2 is 2.33 bits per heavy atom. The van der Waals surface area contributed by atoms with Gasteiger partial charge in [-0.3, -0.25) is 4.79 Å². The molecule has 3 nitrogen and oxygen atoms in total. The summed E-state index contributed by atoms with van der Waals surface area (Å²) >= 11 is 7.36. The van der Waals surface area contributed by atoms with Gasteiger partial charge in [-0.05, 0) is 36.6 Å². The number of hydrogen-bond acceptors (Lipinski definition) is 3. The molecule has 2 rings (SSSR count). The highest BCUT2D eigenvalue weighted by Gasteiger charge is 2.25. The number of rotatable bonds is 4. The summed E-state index contributed by atoms with van der Waals surface area (Å²) in [5.74, 6) is 0.472. The molecule has 0 saturated carbocycles. The Morgan fingerprint density at radius 3 is 2.89 bits per heavy atom. The Morgan fingerprint density at radius 1 is 1.61 bits per heavy atom. The third-order valence-corrected chi connectivity index (χ3v) is 4.75. The van der Waals surface area contributed by atoms with E-state index >= 15 is 0 Å². The van der Waals surface area contributed by atoms with Crippen molar-refractivity contribution in [1.29, 1.82) is 0 Å². The average Bonchev–Trinajstić information content (AvgIpc) is 2.83. The standard InChI is InChI=1S/C13H18ClNO2S/c1-2-11(9-3-6-17-7-4-9)15-13(16)12-10(14)5-8-18-12/h5,8-9,11H,2-4,6-7H2,1H3,(H,15,16)/t11-/m1/s1. The molecular weight excluding hydrogens is 270 g/mol. The smallest absolute Gasteiger partial charge is 0.263 e. The summed E-state index contributed by atoms with van der Waals surface area (Å²) in [6.45, 7) is 3.71. The van der Waals surface area contributed by atoms with Crippen LogP contribution in [0.2, 0.25) is 5.02 Å². The molecule has 0 spiro atoms. The van der Waals surface area contributed by atoms with Crippen LogP contribution >= 0.6 is 22.9 Å². The van der Waals surface area contributed by atoms with Crippen LogP contribution in [0.3, 0.4) is 0 Å². The van der Waals surface area contributed by atoms with Crippen molar-refractivity contribution in [2.45, 2.75) is 32.2 Å². The zero-order valence-corrected chi connectivity index (χ0v) is 12.0. The number of carbonyl (C=O) groups excluding carboxylic acids is 1. The second-order valence-corrected chi connectivity index (χ2v) is 5.86. The van der Waals surface area contributed by atoms with Crippen LogP contribution in [0.15, 0.2) is 11.4 Å². The fraction of sp³-hybridized carbons (Fsp3) is 0.615. The number of carbonyl (C=O) groups is 1. The molecule has 0 bridgehead atoms. The van der Waals surface area contributed by atoms with Crippen LogP contribution < -0.4 is 5.32 Å². The van der Waals surface area contributed by atoms with Crippen LogP contribution in [0.4, 0.5) is 0 Å². The Labute approximate surface area is 116 Å². The maximum atomic E-state index is 12.1. The minimum atomic E-state index is -0.0478. The van der Waals surface area contributed by atoms with Gasteiger partial charge in [0.25, 0.3) is 5.91 Å². The lowest BCUT2D eigenvalue weighted by atomic mass is 9.90. The number of hydrogen-bond donors (Lipinski definition) is 1. The highest BCUT2D eigenvalue weighted by Crippen LogP contribution is 2.24. The topological polar surface area (TPSA) is 38.3 Å². The van der Waals surface area contributed by atoms with Gasteiger partial charge in [0.15, 0.2) is 0 Å². The first kappa shape index (κ1) is 13.8. The number of amides is 1. The van der Waals surface area contributed by atoms with E-state index in [4.69, 9.17) is 16.3 Å². The second kappa shape index (κ2) is 6.55. The number of nitrogens with one attached hydrogen (secondary N) is 1. The molecule has 1 atom stereocenters. The molecule has 5 heteroatoms. The molecule has 1 aromatic heterocycles. The molecule has 1 saturated heterocycles. The Balaban J connectivity index is 1.97. The van der Waals surface area contributed by atoms with Crippen molar-refractivity contribution >= 4 is 28.8 Å². The predicted molar refractivity (Wildman–Crippen MR) is 74.4 cm³/mol. The first-order valence-electron chi connectivity index (χ1n) is 6.34. The van der Waals surface area contributed by atoms with Crippen molar-refractivity contribution in [3.8, 4) is 0 Å². The van der Waals surface area contributed by atoms with E-state index < -0.39 is 0 Å². The fourth-order valence-corrected chi connectivity index (χ4v) is 3.41. The van der Waals surface area contributed by atoms with E-state index in [9.17, 15) is 4.79 Å². The molecule has 1 fully saturated rings. The average molecular weight is 288 g/mol. The van der Waals surface area contributed by atoms with E-state index in [0.29, 0.717) is 15.8 Å². The summed E-state index contributed by atoms with van der Waals surface area (Å²) < 4.78 is 5.36. The van der Waals surface area contributed by atoms with Crippen molar-refractivity contribution in [3.05, 3.63) is 21.3 Å². The van der Waals surface area contributed by atoms with Crippen LogP contribution in [0.1, 0.15) is 35.9 Å². The molecule has 1 aliphatic heterocycles. The molecule has 1 amide bonds. The summed E-state index contributed by atoms with van der Waals surface area (Å²) in [6, 6.07) is 1.98. The van der Waals surface area contributed by atoms with Crippen LogP contribution in [-0.2, 0) is 4.74 Å². The lowest BCUT2D eigenvalue weighted by Gasteiger charge is -2.30. The number of thiophene rings is 1. The van der Waals surface area contributed by atoms with Gasteiger partial charge in [-0.25, -0.2) is 0 Å². The first-order chi connectivity index (χ1) is 8.72. The maximum absolute atomic E-state index is 12.1. The molecule has 2 heterocycles. The van der Waals surface area contributed by atoms with Crippen LogP contribution in [0, 0.1) is 5.92 Å². The van der Waals surface area contributed by atoms with E-state index in [2.05, 4.69) is 12.2 Å². The molecule has 1 N–H and O–H groups in total. The molecule has 0 aliphatic carbocycles. The van der Waals surface area contributed by atoms with Gasteiger partial charge in [-0.1, -0.05) is 18.5 Å². The van der Waals surface area contributed by atoms with Crippen molar-refractivity contribution in [2.24, 2.45) is 5.92 Å². The summed E-state index contributed by atoms with van der Waals surface area (Å²) in [5.41, 5.74) is 0. The number of halogens is 1. The predicted octanol–water partition coefficient (Wildman–Crippen LogP) is 3.34. The SMILES string of the molecule is CC[C@@H](NC(=O)c1sccc1Cl)C1CCOCC1. The lowest BCUT2D eigenvalue weighted by Crippen LogP contribution is -2.41. The van der Waals surface area contributed by atoms with Crippen molar-refractivity contribution < 1.29 is 9.53 Å². The quantitative estimate of drug-likeness (QED) is 0.922. The van der Waals surface area contributed by atoms with E-state index in [1.807, 2.05) is 5.38 Å². The normalized spacial score (nSPS) is 18.6. The second-order valence-electron chi connectivity index (χ2n) is 4.54. The highest BCUT2D eigenvalue weighted by atomic mass is 35.5. The van der Waals surface area contributed by atoms with Crippen LogP contribution in [0.5, 0.6) is 0 Å². The van der Waals surface area contributed by atoms with E-state index in [0.717, 1.165) is 32.5 Å². The van der Waals surface area contributed by atoms with Gasteiger partial charge < -0.3 is 10.1 Å². The minimum absolute atomic E-state index is 0.0478. The van der Waals surface area contributed by atoms with Gasteiger partial charge in [-0.2, -0.15) is 0 Å². The summed E-state index contributed by atoms with van der Waals surface area (Å²) in [7, 11) is 0. The summed E-state index contributed by atoms with van der Waals surface area (Å²) in [4.78, 5) is 12.7. The fourth-order valence-electron chi connectivity index (χ4n) is 2.36. The minimum Gasteiger partial charge on any atom is -0.381 e. The number of ether oxygens (including phenoxy) is 1. The van der Waals surface area contributed by atoms with Gasteiger partial charge in [0.1, 0.15) is 4.88 Å². The monoisotopic (exact) mass is 287 g/mol. The van der Waals surface area contributed by atoms with Crippen LogP contribution in [0.25, 0.3) is 0 Å². The zero-order chi connectivity index (χ0) is 13.0. The van der Waals surface area contributed by atoms with E-state index in [-0.39, 0.29) is 11.9 Å². The molecule has 0 aromatic carbocycles. The van der Waals surface area contributed by atoms with Crippen molar-refractivity contribution in [1.82, 2.24) is 5.32 Å². The van der Waals surface area contributed by atoms with Crippen molar-refractivity contribution in [2.75, 3.05) is 13.2 Å². The Kier molecular flexibility index (Phi) is 5.03. The zero-order valence-electron chi connectivity index (χ0n) is 10.4. The van der Waals surface area contributed by atoms with E-state index in [1.54, 1.807) is 6.07 Å². The van der Waals surface area contributed by atoms with Gasteiger partial charge in [0.05, 0.1) is 5.02 Å². The molecule has 0 unspecified atom stereocenters. The largest absolute Gasteiger partial charge is 0.381 e. The summed E-state index contributed by atoms with van der Waals surface area (Å²) in [5, 5.41) is 5.49. The van der Waals surface area contributed by atoms with Crippen molar-refractivity contribution in [3.63, 3.8) is 0 Å². The Bertz CT molecular complexity index is 401. The van der Waals surface area contributed by atoms with E-state index in [1.165, 1.54) is 11.3 Å². The first-order valence-corrected chi connectivity index (χ1v) is 7.59. The van der Waals surface area contributed by atoms with Gasteiger partial charge >= 0.3 is 0 Å². The third kappa shape index (κ3) is 3.25. The lowest BCUT2D eigenvalue weighted by molar-refractivity contribution is 0.0511. The van der Waals surface area contributed by atoms with Gasteiger partial charge in [0, 0.05) is 19.3 Å². The molecule has 100 valence electrons. The van der Waals surface area contributed by atoms with Crippen LogP contribution in [-0.4, -0.2) is 25.2 Å². The molecular formula is C13H18ClNO2S. The Hall–Kier alpha value is -0.580.